The van der Waals surface area contributed by atoms with Gasteiger partial charge in [-0.1, -0.05) is 0 Å². The Hall–Kier alpha value is -1.76. The van der Waals surface area contributed by atoms with E-state index in [1.807, 2.05) is 0 Å². The van der Waals surface area contributed by atoms with Crippen LogP contribution in [0.25, 0.3) is 0 Å². The number of ether oxygens (including phenoxy) is 2. The molecule has 1 aromatic heterocycles. The average molecular weight is 340 g/mol. The van der Waals surface area contributed by atoms with Crippen LogP contribution in [0.5, 0.6) is 0 Å². The summed E-state index contributed by atoms with van der Waals surface area (Å²) in [6.07, 6.45) is 0.213. The SMILES string of the molecule is CCOC(=O)c1c(N=C=S)sc2c1CCN(C(=O)OCC)C2. The van der Waals surface area contributed by atoms with E-state index >= 15 is 0 Å². The third kappa shape index (κ3) is 3.35. The summed E-state index contributed by atoms with van der Waals surface area (Å²) in [4.78, 5) is 30.5. The number of hydrogen-bond acceptors (Lipinski definition) is 7. The second-order valence-electron chi connectivity index (χ2n) is 4.48. The van der Waals surface area contributed by atoms with Crippen LogP contribution in [-0.2, 0) is 22.4 Å². The number of nitrogens with zero attached hydrogens (tertiary/aromatic N) is 2. The van der Waals surface area contributed by atoms with Gasteiger partial charge in [0.1, 0.15) is 10.6 Å². The van der Waals surface area contributed by atoms with Gasteiger partial charge in [0.25, 0.3) is 0 Å². The lowest BCUT2D eigenvalue weighted by Crippen LogP contribution is -2.36. The number of carbonyl (C=O) groups is 2. The topological polar surface area (TPSA) is 68.2 Å². The van der Waals surface area contributed by atoms with Gasteiger partial charge in [0.2, 0.25) is 0 Å². The minimum Gasteiger partial charge on any atom is -0.462 e. The van der Waals surface area contributed by atoms with Gasteiger partial charge in [0.05, 0.1) is 24.9 Å². The number of amides is 1. The fourth-order valence-electron chi connectivity index (χ4n) is 2.29. The molecule has 0 aromatic carbocycles. The standard InChI is InChI=1S/C14H16N2O4S2/c1-3-19-13(17)11-9-5-6-16(14(18)20-4-2)7-10(9)22-12(11)15-8-21/h3-7H2,1-2H3. The van der Waals surface area contributed by atoms with Crippen LogP contribution in [0, 0.1) is 0 Å². The smallest absolute Gasteiger partial charge is 0.410 e. The van der Waals surface area contributed by atoms with Gasteiger partial charge in [-0.05, 0) is 38.0 Å². The number of fused-ring (bicyclic) bond motifs is 1. The second-order valence-corrected chi connectivity index (χ2v) is 5.74. The maximum atomic E-state index is 12.1. The Bertz CT molecular complexity index is 635. The molecule has 2 rings (SSSR count). The number of carbonyl (C=O) groups excluding carboxylic acids is 2. The molecule has 1 amide bonds. The molecule has 0 fully saturated rings. The highest BCUT2D eigenvalue weighted by Crippen LogP contribution is 2.39. The van der Waals surface area contributed by atoms with Gasteiger partial charge < -0.3 is 14.4 Å². The lowest BCUT2D eigenvalue weighted by atomic mass is 10.0. The Morgan fingerprint density at radius 2 is 2.09 bits per heavy atom. The highest BCUT2D eigenvalue weighted by atomic mass is 32.1. The van der Waals surface area contributed by atoms with Crippen molar-refractivity contribution in [3.63, 3.8) is 0 Å². The molecule has 0 saturated carbocycles. The number of aliphatic imine (C=N–C) groups is 1. The first-order valence-electron chi connectivity index (χ1n) is 6.93. The summed E-state index contributed by atoms with van der Waals surface area (Å²) < 4.78 is 10.1. The zero-order valence-electron chi connectivity index (χ0n) is 12.4. The normalized spacial score (nSPS) is 13.1. The minimum absolute atomic E-state index is 0.291. The van der Waals surface area contributed by atoms with Crippen molar-refractivity contribution >= 4 is 45.8 Å². The third-order valence-electron chi connectivity index (χ3n) is 3.19. The Morgan fingerprint density at radius 3 is 2.73 bits per heavy atom. The van der Waals surface area contributed by atoms with Gasteiger partial charge in [-0.15, -0.1) is 11.3 Å². The van der Waals surface area contributed by atoms with E-state index in [0.717, 1.165) is 10.4 Å². The first kappa shape index (κ1) is 16.6. The van der Waals surface area contributed by atoms with Gasteiger partial charge in [-0.25, -0.2) is 9.59 Å². The second kappa shape index (κ2) is 7.49. The number of thiophene rings is 1. The zero-order chi connectivity index (χ0) is 16.1. The molecule has 0 bridgehead atoms. The number of isothiocyanates is 1. The third-order valence-corrected chi connectivity index (χ3v) is 4.39. The molecule has 0 N–H and O–H groups in total. The fraction of sp³-hybridized carbons (Fsp3) is 0.500. The van der Waals surface area contributed by atoms with E-state index in [0.29, 0.717) is 43.3 Å². The van der Waals surface area contributed by atoms with Gasteiger partial charge in [0, 0.05) is 11.4 Å². The predicted molar refractivity (Wildman–Crippen MR) is 86.1 cm³/mol. The number of esters is 1. The molecule has 22 heavy (non-hydrogen) atoms. The van der Waals surface area contributed by atoms with Crippen LogP contribution in [-0.4, -0.2) is 41.9 Å². The van der Waals surface area contributed by atoms with Gasteiger partial charge >= 0.3 is 12.1 Å². The van der Waals surface area contributed by atoms with Crippen molar-refractivity contribution in [2.24, 2.45) is 4.99 Å². The van der Waals surface area contributed by atoms with Crippen LogP contribution in [0.1, 0.15) is 34.6 Å². The number of rotatable bonds is 4. The molecule has 2 heterocycles. The molecule has 0 radical (unpaired) electrons. The Morgan fingerprint density at radius 1 is 1.36 bits per heavy atom. The van der Waals surface area contributed by atoms with Crippen molar-refractivity contribution in [3.8, 4) is 0 Å². The monoisotopic (exact) mass is 340 g/mol. The van der Waals surface area contributed by atoms with Crippen molar-refractivity contribution in [1.29, 1.82) is 0 Å². The summed E-state index contributed by atoms with van der Waals surface area (Å²) >= 11 is 5.97. The van der Waals surface area contributed by atoms with Gasteiger partial charge in [0.15, 0.2) is 0 Å². The Labute approximate surface area is 137 Å². The maximum absolute atomic E-state index is 12.1. The minimum atomic E-state index is -0.409. The fourth-order valence-corrected chi connectivity index (χ4v) is 3.62. The van der Waals surface area contributed by atoms with E-state index in [2.05, 4.69) is 22.4 Å². The number of hydrogen-bond donors (Lipinski definition) is 0. The van der Waals surface area contributed by atoms with E-state index in [9.17, 15) is 9.59 Å². The first-order chi connectivity index (χ1) is 10.6. The summed E-state index contributed by atoms with van der Waals surface area (Å²) in [5.74, 6) is -0.409. The van der Waals surface area contributed by atoms with Crippen molar-refractivity contribution < 1.29 is 19.1 Å². The van der Waals surface area contributed by atoms with Crippen LogP contribution in [0.15, 0.2) is 4.99 Å². The molecule has 0 aliphatic carbocycles. The van der Waals surface area contributed by atoms with E-state index in [-0.39, 0.29) is 6.09 Å². The molecular weight excluding hydrogens is 324 g/mol. The molecule has 1 aliphatic heterocycles. The van der Waals surface area contributed by atoms with Crippen LogP contribution >= 0.6 is 23.6 Å². The van der Waals surface area contributed by atoms with Crippen molar-refractivity contribution in [2.45, 2.75) is 26.8 Å². The van der Waals surface area contributed by atoms with Gasteiger partial charge in [-0.2, -0.15) is 4.99 Å². The highest BCUT2D eigenvalue weighted by molar-refractivity contribution is 7.78. The summed E-state index contributed by atoms with van der Waals surface area (Å²) in [6, 6.07) is 0. The average Bonchev–Trinajstić information content (AvgIpc) is 2.85. The van der Waals surface area contributed by atoms with E-state index in [1.165, 1.54) is 11.3 Å². The summed E-state index contributed by atoms with van der Waals surface area (Å²) in [6.45, 7) is 5.04. The predicted octanol–water partition coefficient (Wildman–Crippen LogP) is 3.17. The van der Waals surface area contributed by atoms with Crippen LogP contribution in [0.2, 0.25) is 0 Å². The molecular formula is C14H16N2O4S2. The van der Waals surface area contributed by atoms with E-state index in [4.69, 9.17) is 9.47 Å². The Balaban J connectivity index is 2.34. The van der Waals surface area contributed by atoms with E-state index in [1.54, 1.807) is 18.7 Å². The van der Waals surface area contributed by atoms with E-state index < -0.39 is 5.97 Å². The lowest BCUT2D eigenvalue weighted by Gasteiger charge is -2.26. The summed E-state index contributed by atoms with van der Waals surface area (Å²) in [7, 11) is 0. The summed E-state index contributed by atoms with van der Waals surface area (Å²) in [5.41, 5.74) is 1.33. The molecule has 1 aromatic rings. The molecule has 6 nitrogen and oxygen atoms in total. The molecule has 118 valence electrons. The quantitative estimate of drug-likeness (QED) is 0.478. The van der Waals surface area contributed by atoms with Crippen LogP contribution in [0.4, 0.5) is 9.80 Å². The molecule has 1 aliphatic rings. The highest BCUT2D eigenvalue weighted by Gasteiger charge is 2.30. The largest absolute Gasteiger partial charge is 0.462 e. The van der Waals surface area contributed by atoms with Crippen molar-refractivity contribution in [1.82, 2.24) is 4.90 Å². The van der Waals surface area contributed by atoms with Crippen LogP contribution < -0.4 is 0 Å². The first-order valence-corrected chi connectivity index (χ1v) is 8.16. The summed E-state index contributed by atoms with van der Waals surface area (Å²) in [5, 5.41) is 2.78. The molecule has 0 atom stereocenters. The maximum Gasteiger partial charge on any atom is 0.410 e. The number of thiocarbonyl (C=S) groups is 1. The Kier molecular flexibility index (Phi) is 5.65. The zero-order valence-corrected chi connectivity index (χ0v) is 14.0. The molecule has 0 unspecified atom stereocenters. The van der Waals surface area contributed by atoms with Crippen molar-refractivity contribution in [3.05, 3.63) is 16.0 Å². The molecule has 0 spiro atoms. The van der Waals surface area contributed by atoms with Gasteiger partial charge in [-0.3, -0.25) is 0 Å². The van der Waals surface area contributed by atoms with Crippen molar-refractivity contribution in [2.75, 3.05) is 19.8 Å². The molecule has 8 heteroatoms. The van der Waals surface area contributed by atoms with Crippen LogP contribution in [0.3, 0.4) is 0 Å². The molecule has 0 saturated heterocycles. The lowest BCUT2D eigenvalue weighted by molar-refractivity contribution is 0.0526.